The van der Waals surface area contributed by atoms with E-state index in [9.17, 15) is 9.59 Å². The van der Waals surface area contributed by atoms with E-state index in [2.05, 4.69) is 10.6 Å². The van der Waals surface area contributed by atoms with Crippen LogP contribution in [0.25, 0.3) is 0 Å². The van der Waals surface area contributed by atoms with Crippen molar-refractivity contribution in [3.05, 3.63) is 29.8 Å². The lowest BCUT2D eigenvalue weighted by molar-refractivity contribution is -0.130. The second-order valence-electron chi connectivity index (χ2n) is 8.26. The highest BCUT2D eigenvalue weighted by atomic mass is 35.5. The third-order valence-electron chi connectivity index (χ3n) is 6.45. The lowest BCUT2D eigenvalue weighted by Gasteiger charge is -2.37. The number of amides is 2. The number of hydrogen-bond donors (Lipinski definition) is 2. The van der Waals surface area contributed by atoms with E-state index in [0.717, 1.165) is 56.4 Å². The standard InChI is InChI=1S/C21H29N3O2.ClH/c1-15(25)24(19-9-10-19)13-16-5-7-18(8-6-16)23-20(26)21-11-3-2-4-17(21)12-22-14-21;/h5-8,17,19,22H,2-4,9-14H2,1H3,(H,23,26);1H/t17-,21+;/m0./s1. The van der Waals surface area contributed by atoms with Crippen LogP contribution in [0.5, 0.6) is 0 Å². The molecule has 148 valence electrons. The Morgan fingerprint density at radius 3 is 2.59 bits per heavy atom. The monoisotopic (exact) mass is 391 g/mol. The van der Waals surface area contributed by atoms with Crippen molar-refractivity contribution in [1.29, 1.82) is 0 Å². The lowest BCUT2D eigenvalue weighted by atomic mass is 9.67. The van der Waals surface area contributed by atoms with Gasteiger partial charge in [0, 0.05) is 31.7 Å². The van der Waals surface area contributed by atoms with Gasteiger partial charge in [-0.2, -0.15) is 0 Å². The Kier molecular flexibility index (Phi) is 6.11. The van der Waals surface area contributed by atoms with Crippen molar-refractivity contribution in [3.8, 4) is 0 Å². The van der Waals surface area contributed by atoms with E-state index in [1.165, 1.54) is 6.42 Å². The number of hydrogen-bond acceptors (Lipinski definition) is 3. The van der Waals surface area contributed by atoms with E-state index < -0.39 is 0 Å². The summed E-state index contributed by atoms with van der Waals surface area (Å²) in [4.78, 5) is 26.7. The molecular weight excluding hydrogens is 362 g/mol. The van der Waals surface area contributed by atoms with Crippen LogP contribution < -0.4 is 10.6 Å². The van der Waals surface area contributed by atoms with Crippen LogP contribution in [0.2, 0.25) is 0 Å². The van der Waals surface area contributed by atoms with Crippen LogP contribution in [-0.2, 0) is 16.1 Å². The predicted molar refractivity (Wildman–Crippen MR) is 109 cm³/mol. The number of fused-ring (bicyclic) bond motifs is 1. The SMILES string of the molecule is CC(=O)N(Cc1ccc(NC(=O)[C@@]23CCCC[C@H]2CNC3)cc1)C1CC1.Cl. The van der Waals surface area contributed by atoms with Gasteiger partial charge in [0.25, 0.3) is 0 Å². The Morgan fingerprint density at radius 1 is 1.19 bits per heavy atom. The van der Waals surface area contributed by atoms with E-state index in [4.69, 9.17) is 0 Å². The third-order valence-corrected chi connectivity index (χ3v) is 6.45. The molecule has 0 aromatic heterocycles. The smallest absolute Gasteiger partial charge is 0.232 e. The first-order valence-electron chi connectivity index (χ1n) is 9.97. The molecule has 1 saturated heterocycles. The summed E-state index contributed by atoms with van der Waals surface area (Å²) in [6.07, 6.45) is 6.76. The summed E-state index contributed by atoms with van der Waals surface area (Å²) in [5.41, 5.74) is 1.74. The highest BCUT2D eigenvalue weighted by Gasteiger charge is 2.49. The molecule has 1 aliphatic heterocycles. The molecule has 0 unspecified atom stereocenters. The van der Waals surface area contributed by atoms with E-state index >= 15 is 0 Å². The number of nitrogens with zero attached hydrogens (tertiary/aromatic N) is 1. The zero-order valence-corrected chi connectivity index (χ0v) is 16.8. The summed E-state index contributed by atoms with van der Waals surface area (Å²) < 4.78 is 0. The van der Waals surface area contributed by atoms with Crippen molar-refractivity contribution in [2.75, 3.05) is 18.4 Å². The van der Waals surface area contributed by atoms with Gasteiger partial charge in [0.05, 0.1) is 5.41 Å². The first-order chi connectivity index (χ1) is 12.6. The molecule has 2 atom stereocenters. The van der Waals surface area contributed by atoms with E-state index in [1.54, 1.807) is 6.92 Å². The highest BCUT2D eigenvalue weighted by Crippen LogP contribution is 2.44. The maximum absolute atomic E-state index is 13.0. The first-order valence-corrected chi connectivity index (χ1v) is 9.97. The normalized spacial score (nSPS) is 26.6. The van der Waals surface area contributed by atoms with E-state index in [0.29, 0.717) is 18.5 Å². The van der Waals surface area contributed by atoms with Gasteiger partial charge < -0.3 is 15.5 Å². The minimum atomic E-state index is -0.228. The molecule has 6 heteroatoms. The molecule has 1 heterocycles. The Morgan fingerprint density at radius 2 is 1.93 bits per heavy atom. The molecule has 3 fully saturated rings. The molecule has 1 aromatic rings. The fourth-order valence-corrected chi connectivity index (χ4v) is 4.72. The second kappa shape index (κ2) is 8.19. The van der Waals surface area contributed by atoms with Crippen LogP contribution in [0.4, 0.5) is 5.69 Å². The summed E-state index contributed by atoms with van der Waals surface area (Å²) in [6.45, 7) is 4.07. The minimum absolute atomic E-state index is 0. The molecule has 27 heavy (non-hydrogen) atoms. The molecule has 0 bridgehead atoms. The Labute approximate surface area is 167 Å². The van der Waals surface area contributed by atoms with E-state index in [-0.39, 0.29) is 29.6 Å². The number of nitrogens with one attached hydrogen (secondary N) is 2. The molecule has 1 aromatic carbocycles. The number of anilines is 1. The molecule has 2 saturated carbocycles. The maximum Gasteiger partial charge on any atom is 0.232 e. The Hall–Kier alpha value is -1.59. The maximum atomic E-state index is 13.0. The van der Waals surface area contributed by atoms with Crippen molar-refractivity contribution in [2.45, 2.75) is 58.0 Å². The molecule has 0 radical (unpaired) electrons. The number of carbonyl (C=O) groups excluding carboxylic acids is 2. The van der Waals surface area contributed by atoms with Gasteiger partial charge in [-0.05, 0) is 55.8 Å². The van der Waals surface area contributed by atoms with Gasteiger partial charge >= 0.3 is 0 Å². The average molecular weight is 392 g/mol. The fraction of sp³-hybridized carbons (Fsp3) is 0.619. The summed E-state index contributed by atoms with van der Waals surface area (Å²) in [5.74, 6) is 0.780. The summed E-state index contributed by atoms with van der Waals surface area (Å²) in [5, 5.41) is 6.58. The molecule has 2 N–H and O–H groups in total. The van der Waals surface area contributed by atoms with Crippen LogP contribution >= 0.6 is 12.4 Å². The Balaban J connectivity index is 0.00000210. The van der Waals surface area contributed by atoms with Crippen LogP contribution in [0.1, 0.15) is 51.0 Å². The lowest BCUT2D eigenvalue weighted by Crippen LogP contribution is -2.44. The van der Waals surface area contributed by atoms with Gasteiger partial charge in [0.1, 0.15) is 0 Å². The molecule has 3 aliphatic rings. The first kappa shape index (κ1) is 20.2. The molecule has 2 aliphatic carbocycles. The summed E-state index contributed by atoms with van der Waals surface area (Å²) >= 11 is 0. The van der Waals surface area contributed by atoms with Crippen molar-refractivity contribution in [1.82, 2.24) is 10.2 Å². The van der Waals surface area contributed by atoms with Crippen molar-refractivity contribution in [3.63, 3.8) is 0 Å². The van der Waals surface area contributed by atoms with Gasteiger partial charge in [-0.1, -0.05) is 25.0 Å². The van der Waals surface area contributed by atoms with Crippen molar-refractivity contribution < 1.29 is 9.59 Å². The van der Waals surface area contributed by atoms with Gasteiger partial charge in [0.2, 0.25) is 11.8 Å². The minimum Gasteiger partial charge on any atom is -0.336 e. The second-order valence-corrected chi connectivity index (χ2v) is 8.26. The largest absolute Gasteiger partial charge is 0.336 e. The van der Waals surface area contributed by atoms with Crippen LogP contribution in [-0.4, -0.2) is 35.8 Å². The number of rotatable bonds is 5. The van der Waals surface area contributed by atoms with Gasteiger partial charge in [0.15, 0.2) is 0 Å². The third kappa shape index (κ3) is 4.14. The van der Waals surface area contributed by atoms with Crippen molar-refractivity contribution >= 4 is 29.9 Å². The summed E-state index contributed by atoms with van der Waals surface area (Å²) in [7, 11) is 0. The Bertz CT molecular complexity index is 689. The molecule has 2 amide bonds. The quantitative estimate of drug-likeness (QED) is 0.809. The molecule has 4 rings (SSSR count). The molecular formula is C21H30ClN3O2. The van der Waals surface area contributed by atoms with Crippen LogP contribution in [0, 0.1) is 11.3 Å². The zero-order valence-electron chi connectivity index (χ0n) is 16.0. The highest BCUT2D eigenvalue weighted by molar-refractivity contribution is 5.96. The zero-order chi connectivity index (χ0) is 18.1. The number of carbonyl (C=O) groups is 2. The average Bonchev–Trinajstić information content (AvgIpc) is 3.38. The number of halogens is 1. The number of benzene rings is 1. The van der Waals surface area contributed by atoms with Crippen LogP contribution in [0.15, 0.2) is 24.3 Å². The van der Waals surface area contributed by atoms with E-state index in [1.807, 2.05) is 29.2 Å². The predicted octanol–water partition coefficient (Wildman–Crippen LogP) is 3.34. The van der Waals surface area contributed by atoms with Gasteiger partial charge in [-0.15, -0.1) is 12.4 Å². The van der Waals surface area contributed by atoms with Crippen molar-refractivity contribution in [2.24, 2.45) is 11.3 Å². The topological polar surface area (TPSA) is 61.4 Å². The molecule has 5 nitrogen and oxygen atoms in total. The van der Waals surface area contributed by atoms with Gasteiger partial charge in [-0.3, -0.25) is 9.59 Å². The fourth-order valence-electron chi connectivity index (χ4n) is 4.72. The molecule has 0 spiro atoms. The van der Waals surface area contributed by atoms with Crippen LogP contribution in [0.3, 0.4) is 0 Å². The summed E-state index contributed by atoms with van der Waals surface area (Å²) in [6, 6.07) is 8.40. The van der Waals surface area contributed by atoms with Gasteiger partial charge in [-0.25, -0.2) is 0 Å².